The van der Waals surface area contributed by atoms with Gasteiger partial charge in [-0.3, -0.25) is 9.36 Å². The van der Waals surface area contributed by atoms with Crippen LogP contribution in [0.25, 0.3) is 0 Å². The maximum atomic E-state index is 13.1. The summed E-state index contributed by atoms with van der Waals surface area (Å²) in [4.78, 5) is 25.7. The molecule has 0 spiro atoms. The Morgan fingerprint density at radius 3 is 1.05 bits per heavy atom. The van der Waals surface area contributed by atoms with Crippen molar-refractivity contribution in [3.63, 3.8) is 0 Å². The molecule has 0 heterocycles. The van der Waals surface area contributed by atoms with Crippen molar-refractivity contribution in [3.8, 4) is 0 Å². The number of quaternary nitrogens is 1. The van der Waals surface area contributed by atoms with Crippen molar-refractivity contribution in [2.75, 3.05) is 40.9 Å². The molecule has 0 aromatic carbocycles. The van der Waals surface area contributed by atoms with Crippen LogP contribution in [0.1, 0.15) is 367 Å². The van der Waals surface area contributed by atoms with Crippen LogP contribution in [-0.4, -0.2) is 68.5 Å². The molecular weight excluding hydrogens is 996 g/mol. The zero-order chi connectivity index (χ0) is 57.7. The number of nitrogens with one attached hydrogen (secondary N) is 1. The monoisotopic (exact) mass is 1140 g/mol. The third kappa shape index (κ3) is 64.4. The molecule has 79 heavy (non-hydrogen) atoms. The van der Waals surface area contributed by atoms with Gasteiger partial charge in [-0.15, -0.1) is 0 Å². The topological polar surface area (TPSA) is 108 Å². The van der Waals surface area contributed by atoms with Crippen LogP contribution in [0.2, 0.25) is 0 Å². The van der Waals surface area contributed by atoms with Gasteiger partial charge in [0, 0.05) is 6.42 Å². The second-order valence-corrected chi connectivity index (χ2v) is 27.0. The minimum absolute atomic E-state index is 0.0144. The number of phosphoric ester groups is 1. The summed E-state index contributed by atoms with van der Waals surface area (Å²) in [5.74, 6) is -0.158. The highest BCUT2D eigenvalue weighted by Crippen LogP contribution is 2.38. The first-order valence-electron chi connectivity index (χ1n) is 35.2. The quantitative estimate of drug-likeness (QED) is 0.0272. The van der Waals surface area contributed by atoms with Crippen molar-refractivity contribution in [2.45, 2.75) is 379 Å². The summed E-state index contributed by atoms with van der Waals surface area (Å²) in [6.45, 7) is 4.77. The van der Waals surface area contributed by atoms with E-state index < -0.39 is 20.0 Å². The zero-order valence-corrected chi connectivity index (χ0v) is 54.8. The van der Waals surface area contributed by atoms with E-state index >= 15 is 0 Å². The highest BCUT2D eigenvalue weighted by molar-refractivity contribution is 7.45. The number of amides is 1. The normalized spacial score (nSPS) is 13.8. The largest absolute Gasteiger partial charge is 0.756 e. The van der Waals surface area contributed by atoms with E-state index in [-0.39, 0.29) is 19.1 Å². The molecule has 0 saturated heterocycles. The Hall–Kier alpha value is -1.02. The molecule has 0 aliphatic heterocycles. The SMILES string of the molecule is CCCCCCC/C=C\C/C=C\CCCCCCCCCCCCCCCCCC(=O)NC(COP(=O)([O-])OCC[N+](C)(C)C)C(O)CCCCCCCCCCCCCCCCCCCCCCCCCCCCCCCC. The van der Waals surface area contributed by atoms with Crippen molar-refractivity contribution < 1.29 is 32.9 Å². The Morgan fingerprint density at radius 1 is 0.443 bits per heavy atom. The molecule has 0 aliphatic carbocycles. The number of rotatable bonds is 66. The molecule has 470 valence electrons. The van der Waals surface area contributed by atoms with Gasteiger partial charge in [-0.1, -0.05) is 340 Å². The predicted molar refractivity (Wildman–Crippen MR) is 344 cm³/mol. The van der Waals surface area contributed by atoms with E-state index in [4.69, 9.17) is 9.05 Å². The van der Waals surface area contributed by atoms with E-state index in [2.05, 4.69) is 43.5 Å². The third-order valence-corrected chi connectivity index (χ3v) is 17.4. The standard InChI is InChI=1S/C70H139N2O6P/c1-6-8-10-12-14-16-18-20-22-24-26-28-30-32-34-35-36-38-39-41-43-45-47-49-51-53-55-57-59-61-63-69(73)68(67-78-79(75,76)77-66-65-72(3,4)5)71-70(74)64-62-60-58-56-54-52-50-48-46-44-42-40-37-33-31-29-27-25-23-21-19-17-15-13-11-9-7-2/h19,21,25,27,68-69,73H,6-18,20,22-24,26,28-67H2,1-5H3,(H-,71,74,75,76)/b21-19-,27-25-. The van der Waals surface area contributed by atoms with Crippen LogP contribution in [0.15, 0.2) is 24.3 Å². The number of carbonyl (C=O) groups is 1. The first-order chi connectivity index (χ1) is 38.5. The Morgan fingerprint density at radius 2 is 0.734 bits per heavy atom. The lowest BCUT2D eigenvalue weighted by Gasteiger charge is -2.30. The number of allylic oxidation sites excluding steroid dienone is 4. The fourth-order valence-corrected chi connectivity index (χ4v) is 11.7. The lowest BCUT2D eigenvalue weighted by Crippen LogP contribution is -2.46. The number of likely N-dealkylation sites (N-methyl/N-ethyl adjacent to an activating group) is 1. The number of aliphatic hydroxyl groups excluding tert-OH is 1. The minimum atomic E-state index is -4.58. The maximum absolute atomic E-state index is 13.1. The second-order valence-electron chi connectivity index (χ2n) is 25.6. The van der Waals surface area contributed by atoms with Crippen molar-refractivity contribution in [1.29, 1.82) is 0 Å². The van der Waals surface area contributed by atoms with Gasteiger partial charge < -0.3 is 28.8 Å². The van der Waals surface area contributed by atoms with Crippen LogP contribution >= 0.6 is 7.82 Å². The number of unbranched alkanes of at least 4 members (excludes halogenated alkanes) is 49. The predicted octanol–water partition coefficient (Wildman–Crippen LogP) is 21.6. The molecular formula is C70H139N2O6P. The summed E-state index contributed by atoms with van der Waals surface area (Å²) in [5.41, 5.74) is 0. The molecule has 0 aliphatic rings. The van der Waals surface area contributed by atoms with Crippen LogP contribution in [0.4, 0.5) is 0 Å². The van der Waals surface area contributed by atoms with Crippen LogP contribution < -0.4 is 10.2 Å². The lowest BCUT2D eigenvalue weighted by molar-refractivity contribution is -0.870. The minimum Gasteiger partial charge on any atom is -0.756 e. The molecule has 3 unspecified atom stereocenters. The number of aliphatic hydroxyl groups is 1. The van der Waals surface area contributed by atoms with Crippen LogP contribution in [0.5, 0.6) is 0 Å². The molecule has 0 fully saturated rings. The average Bonchev–Trinajstić information content (AvgIpc) is 3.42. The molecule has 3 atom stereocenters. The summed E-state index contributed by atoms with van der Waals surface area (Å²) in [5, 5.41) is 14.1. The van der Waals surface area contributed by atoms with Crippen molar-refractivity contribution in [2.24, 2.45) is 0 Å². The van der Waals surface area contributed by atoms with Crippen LogP contribution in [0, 0.1) is 0 Å². The van der Waals surface area contributed by atoms with Crippen molar-refractivity contribution >= 4 is 13.7 Å². The van der Waals surface area contributed by atoms with E-state index in [1.807, 2.05) is 21.1 Å². The van der Waals surface area contributed by atoms with Gasteiger partial charge in [-0.25, -0.2) is 0 Å². The summed E-state index contributed by atoms with van der Waals surface area (Å²) in [6, 6.07) is -0.801. The smallest absolute Gasteiger partial charge is 0.268 e. The molecule has 0 aromatic rings. The van der Waals surface area contributed by atoms with E-state index in [0.717, 1.165) is 44.9 Å². The molecule has 8 nitrogen and oxygen atoms in total. The molecule has 1 amide bonds. The molecule has 0 radical (unpaired) electrons. The van der Waals surface area contributed by atoms with Gasteiger partial charge in [0.2, 0.25) is 5.91 Å². The molecule has 2 N–H and O–H groups in total. The molecule has 9 heteroatoms. The maximum Gasteiger partial charge on any atom is 0.268 e. The fourth-order valence-electron chi connectivity index (χ4n) is 11.0. The Balaban J connectivity index is 4.01. The first kappa shape index (κ1) is 78.0. The van der Waals surface area contributed by atoms with E-state index in [1.54, 1.807) is 0 Å². The van der Waals surface area contributed by atoms with Crippen LogP contribution in [0.3, 0.4) is 0 Å². The number of hydrogen-bond acceptors (Lipinski definition) is 6. The molecule has 0 saturated carbocycles. The van der Waals surface area contributed by atoms with Gasteiger partial charge >= 0.3 is 0 Å². The highest BCUT2D eigenvalue weighted by atomic mass is 31.2. The Kier molecular flexibility index (Phi) is 60.7. The first-order valence-corrected chi connectivity index (χ1v) is 36.6. The van der Waals surface area contributed by atoms with Crippen molar-refractivity contribution in [1.82, 2.24) is 5.32 Å². The summed E-state index contributed by atoms with van der Waals surface area (Å²) >= 11 is 0. The summed E-state index contributed by atoms with van der Waals surface area (Å²) < 4.78 is 23.5. The number of nitrogens with zero attached hydrogens (tertiary/aromatic N) is 1. The second kappa shape index (κ2) is 61.5. The van der Waals surface area contributed by atoms with Crippen molar-refractivity contribution in [3.05, 3.63) is 24.3 Å². The molecule has 0 aromatic heterocycles. The van der Waals surface area contributed by atoms with Gasteiger partial charge in [-0.2, -0.15) is 0 Å². The van der Waals surface area contributed by atoms with Gasteiger partial charge in [0.1, 0.15) is 13.2 Å². The highest BCUT2D eigenvalue weighted by Gasteiger charge is 2.24. The van der Waals surface area contributed by atoms with E-state index in [0.29, 0.717) is 23.9 Å². The lowest BCUT2D eigenvalue weighted by atomic mass is 10.0. The van der Waals surface area contributed by atoms with Gasteiger partial charge in [0.25, 0.3) is 7.82 Å². The van der Waals surface area contributed by atoms with E-state index in [1.165, 1.54) is 295 Å². The Labute approximate surface area is 494 Å². The zero-order valence-electron chi connectivity index (χ0n) is 53.9. The average molecular weight is 1140 g/mol. The number of hydrogen-bond donors (Lipinski definition) is 2. The third-order valence-electron chi connectivity index (χ3n) is 16.4. The van der Waals surface area contributed by atoms with Gasteiger partial charge in [-0.05, 0) is 44.9 Å². The number of carbonyl (C=O) groups excluding carboxylic acids is 1. The fraction of sp³-hybridized carbons (Fsp3) is 0.929. The summed E-state index contributed by atoms with van der Waals surface area (Å²) in [7, 11) is 1.32. The number of phosphoric acid groups is 1. The Bertz CT molecular complexity index is 1340. The van der Waals surface area contributed by atoms with Gasteiger partial charge in [0.05, 0.1) is 39.9 Å². The van der Waals surface area contributed by atoms with E-state index in [9.17, 15) is 19.4 Å². The summed E-state index contributed by atoms with van der Waals surface area (Å²) in [6.07, 6.45) is 79.7. The van der Waals surface area contributed by atoms with Crippen LogP contribution in [-0.2, 0) is 18.4 Å². The molecule has 0 bridgehead atoms. The van der Waals surface area contributed by atoms with Gasteiger partial charge in [0.15, 0.2) is 0 Å². The molecule has 0 rings (SSSR count).